The maximum Gasteiger partial charge on any atom is 0.246 e. The first-order chi connectivity index (χ1) is 6.24. The third-order valence-corrected chi connectivity index (χ3v) is 1.59. The molecule has 0 aromatic heterocycles. The van der Waals surface area contributed by atoms with Gasteiger partial charge in [-0.15, -0.1) is 0 Å². The van der Waals surface area contributed by atoms with Crippen molar-refractivity contribution in [1.29, 1.82) is 0 Å². The molecule has 0 amide bonds. The van der Waals surface area contributed by atoms with Crippen molar-refractivity contribution in [1.82, 2.24) is 0 Å². The number of methoxy groups -OCH3 is 1. The smallest absolute Gasteiger partial charge is 0.246 e. The summed E-state index contributed by atoms with van der Waals surface area (Å²) in [5.74, 6) is 0.801. The summed E-state index contributed by atoms with van der Waals surface area (Å²) in [6.07, 6.45) is 4.22. The molecule has 13 heavy (non-hydrogen) atoms. The number of rotatable bonds is 2. The van der Waals surface area contributed by atoms with E-state index in [2.05, 4.69) is 0 Å². The highest BCUT2D eigenvalue weighted by Crippen LogP contribution is 2.18. The molecule has 4 heteroatoms. The predicted molar refractivity (Wildman–Crippen MR) is 50.8 cm³/mol. The average Bonchev–Trinajstić information content (AvgIpc) is 2.21. The van der Waals surface area contributed by atoms with Crippen molar-refractivity contribution in [3.8, 4) is 0 Å². The van der Waals surface area contributed by atoms with E-state index >= 15 is 0 Å². The van der Waals surface area contributed by atoms with Crippen LogP contribution in [0.5, 0.6) is 0 Å². The van der Waals surface area contributed by atoms with Crippen LogP contribution in [-0.4, -0.2) is 12.0 Å². The van der Waals surface area contributed by atoms with Crippen LogP contribution in [0.15, 0.2) is 23.6 Å². The zero-order valence-corrected chi connectivity index (χ0v) is 8.24. The molecular formula is C9H15NO3. The SMILES string of the molecule is CC.COC1=CC=C([N+](=O)[O-])CC1. The van der Waals surface area contributed by atoms with E-state index in [4.69, 9.17) is 4.74 Å². The van der Waals surface area contributed by atoms with E-state index in [1.165, 1.54) is 6.08 Å². The Morgan fingerprint density at radius 3 is 2.31 bits per heavy atom. The summed E-state index contributed by atoms with van der Waals surface area (Å²) in [7, 11) is 1.57. The summed E-state index contributed by atoms with van der Waals surface area (Å²) in [6, 6.07) is 0. The Morgan fingerprint density at radius 2 is 2.00 bits per heavy atom. The monoisotopic (exact) mass is 185 g/mol. The van der Waals surface area contributed by atoms with Crippen molar-refractivity contribution in [2.45, 2.75) is 26.7 Å². The highest BCUT2D eigenvalue weighted by Gasteiger charge is 2.14. The second kappa shape index (κ2) is 6.22. The number of nitrogens with zero attached hydrogens (tertiary/aromatic N) is 1. The molecule has 0 aliphatic heterocycles. The van der Waals surface area contributed by atoms with Gasteiger partial charge in [-0.25, -0.2) is 0 Å². The van der Waals surface area contributed by atoms with Gasteiger partial charge >= 0.3 is 0 Å². The lowest BCUT2D eigenvalue weighted by Crippen LogP contribution is -2.03. The van der Waals surface area contributed by atoms with Gasteiger partial charge in [-0.1, -0.05) is 13.8 Å². The van der Waals surface area contributed by atoms with Gasteiger partial charge in [0.15, 0.2) is 0 Å². The quantitative estimate of drug-likeness (QED) is 0.490. The van der Waals surface area contributed by atoms with E-state index in [1.54, 1.807) is 13.2 Å². The highest BCUT2D eigenvalue weighted by atomic mass is 16.6. The molecule has 0 spiro atoms. The zero-order chi connectivity index (χ0) is 10.3. The van der Waals surface area contributed by atoms with E-state index in [0.29, 0.717) is 12.8 Å². The molecule has 0 saturated heterocycles. The molecule has 0 atom stereocenters. The molecule has 0 radical (unpaired) electrons. The first-order valence-electron chi connectivity index (χ1n) is 4.32. The second-order valence-corrected chi connectivity index (χ2v) is 2.25. The molecule has 0 heterocycles. The standard InChI is InChI=1S/C7H9NO3.C2H6/c1-11-7-4-2-6(3-5-7)8(9)10;1-2/h2,4H,3,5H2,1H3;1-2H3. The first-order valence-corrected chi connectivity index (χ1v) is 4.32. The predicted octanol–water partition coefficient (Wildman–Crippen LogP) is 2.50. The molecule has 1 aliphatic carbocycles. The van der Waals surface area contributed by atoms with Crippen LogP contribution < -0.4 is 0 Å². The van der Waals surface area contributed by atoms with Gasteiger partial charge < -0.3 is 4.74 Å². The van der Waals surface area contributed by atoms with Crippen molar-refractivity contribution >= 4 is 0 Å². The lowest BCUT2D eigenvalue weighted by atomic mass is 10.1. The lowest BCUT2D eigenvalue weighted by molar-refractivity contribution is -0.428. The Hall–Kier alpha value is -1.32. The normalized spacial score (nSPS) is 14.7. The van der Waals surface area contributed by atoms with E-state index in [0.717, 1.165) is 5.76 Å². The topological polar surface area (TPSA) is 52.4 Å². The summed E-state index contributed by atoms with van der Waals surface area (Å²) in [5.41, 5.74) is 0.255. The third-order valence-electron chi connectivity index (χ3n) is 1.59. The summed E-state index contributed by atoms with van der Waals surface area (Å²) in [5, 5.41) is 10.2. The summed E-state index contributed by atoms with van der Waals surface area (Å²) in [6.45, 7) is 4.00. The van der Waals surface area contributed by atoms with Gasteiger partial charge in [0.25, 0.3) is 0 Å². The molecule has 0 fully saturated rings. The minimum absolute atomic E-state index is 0.255. The fourth-order valence-corrected chi connectivity index (χ4v) is 0.929. The molecule has 0 aromatic rings. The maximum absolute atomic E-state index is 10.2. The van der Waals surface area contributed by atoms with Crippen molar-refractivity contribution < 1.29 is 9.66 Å². The van der Waals surface area contributed by atoms with Gasteiger partial charge in [0.05, 0.1) is 17.8 Å². The van der Waals surface area contributed by atoms with Gasteiger partial charge in [0, 0.05) is 18.9 Å². The Labute approximate surface area is 78.0 Å². The van der Waals surface area contributed by atoms with Crippen LogP contribution in [0.3, 0.4) is 0 Å². The third kappa shape index (κ3) is 3.73. The Balaban J connectivity index is 0.000000671. The number of ether oxygens (including phenoxy) is 1. The number of hydrogen-bond acceptors (Lipinski definition) is 3. The van der Waals surface area contributed by atoms with E-state index in [-0.39, 0.29) is 10.6 Å². The zero-order valence-electron chi connectivity index (χ0n) is 8.24. The fourth-order valence-electron chi connectivity index (χ4n) is 0.929. The largest absolute Gasteiger partial charge is 0.501 e. The molecule has 0 saturated carbocycles. The van der Waals surface area contributed by atoms with Crippen LogP contribution >= 0.6 is 0 Å². The van der Waals surface area contributed by atoms with Crippen molar-refractivity contribution in [3.63, 3.8) is 0 Å². The molecular weight excluding hydrogens is 170 g/mol. The van der Waals surface area contributed by atoms with Gasteiger partial charge in [0.1, 0.15) is 0 Å². The number of allylic oxidation sites excluding steroid dienone is 4. The molecule has 1 aliphatic rings. The van der Waals surface area contributed by atoms with Crippen molar-refractivity contribution in [3.05, 3.63) is 33.7 Å². The van der Waals surface area contributed by atoms with E-state index in [9.17, 15) is 10.1 Å². The molecule has 0 unspecified atom stereocenters. The minimum atomic E-state index is -0.358. The minimum Gasteiger partial charge on any atom is -0.501 e. The number of nitro groups is 1. The van der Waals surface area contributed by atoms with Crippen LogP contribution in [0.4, 0.5) is 0 Å². The molecule has 0 bridgehead atoms. The van der Waals surface area contributed by atoms with Crippen molar-refractivity contribution in [2.24, 2.45) is 0 Å². The molecule has 0 N–H and O–H groups in total. The fraction of sp³-hybridized carbons (Fsp3) is 0.556. The van der Waals surface area contributed by atoms with E-state index in [1.807, 2.05) is 13.8 Å². The first kappa shape index (κ1) is 11.7. The van der Waals surface area contributed by atoms with Crippen molar-refractivity contribution in [2.75, 3.05) is 7.11 Å². The summed E-state index contributed by atoms with van der Waals surface area (Å²) < 4.78 is 4.91. The molecule has 1 rings (SSSR count). The molecule has 74 valence electrons. The van der Waals surface area contributed by atoms with Gasteiger partial charge in [0.2, 0.25) is 5.70 Å². The molecule has 4 nitrogen and oxygen atoms in total. The number of hydrogen-bond donors (Lipinski definition) is 0. The molecule has 0 aromatic carbocycles. The van der Waals surface area contributed by atoms with Crippen LogP contribution in [-0.2, 0) is 4.74 Å². The van der Waals surface area contributed by atoms with E-state index < -0.39 is 0 Å². The van der Waals surface area contributed by atoms with Gasteiger partial charge in [-0.2, -0.15) is 0 Å². The van der Waals surface area contributed by atoms with Crippen LogP contribution in [0, 0.1) is 10.1 Å². The average molecular weight is 185 g/mol. The van der Waals surface area contributed by atoms with Crippen LogP contribution in [0.2, 0.25) is 0 Å². The lowest BCUT2D eigenvalue weighted by Gasteiger charge is -2.07. The van der Waals surface area contributed by atoms with Gasteiger partial charge in [-0.3, -0.25) is 10.1 Å². The van der Waals surface area contributed by atoms with Crippen LogP contribution in [0.1, 0.15) is 26.7 Å². The Morgan fingerprint density at radius 1 is 1.38 bits per heavy atom. The highest BCUT2D eigenvalue weighted by molar-refractivity contribution is 5.16. The Bertz CT molecular complexity index is 231. The summed E-state index contributed by atoms with van der Waals surface area (Å²) in [4.78, 5) is 9.86. The van der Waals surface area contributed by atoms with Crippen LogP contribution in [0.25, 0.3) is 0 Å². The Kier molecular flexibility index (Phi) is 5.59. The van der Waals surface area contributed by atoms with Gasteiger partial charge in [-0.05, 0) is 6.08 Å². The summed E-state index contributed by atoms with van der Waals surface area (Å²) >= 11 is 0. The second-order valence-electron chi connectivity index (χ2n) is 2.25. The maximum atomic E-state index is 10.2.